The molecular formula is C51H30N2O2. The first-order valence-electron chi connectivity index (χ1n) is 18.6. The molecule has 0 aliphatic rings. The van der Waals surface area contributed by atoms with Crippen LogP contribution in [0.2, 0.25) is 0 Å². The van der Waals surface area contributed by atoms with Crippen molar-refractivity contribution >= 4 is 76.5 Å². The monoisotopic (exact) mass is 702 g/mol. The third-order valence-electron chi connectivity index (χ3n) is 11.2. The quantitative estimate of drug-likeness (QED) is 0.183. The summed E-state index contributed by atoms with van der Waals surface area (Å²) in [5.74, 6) is 0.896. The van der Waals surface area contributed by atoms with E-state index in [1.54, 1.807) is 0 Å². The predicted molar refractivity (Wildman–Crippen MR) is 227 cm³/mol. The summed E-state index contributed by atoms with van der Waals surface area (Å²) < 4.78 is 15.4. The van der Waals surface area contributed by atoms with E-state index in [-0.39, 0.29) is 0 Å². The van der Waals surface area contributed by atoms with Gasteiger partial charge in [0.25, 0.3) is 0 Å². The highest BCUT2D eigenvalue weighted by Gasteiger charge is 2.21. The van der Waals surface area contributed by atoms with Crippen LogP contribution in [-0.2, 0) is 0 Å². The molecule has 0 N–H and O–H groups in total. The van der Waals surface area contributed by atoms with E-state index in [0.29, 0.717) is 0 Å². The normalized spacial score (nSPS) is 12.0. The van der Waals surface area contributed by atoms with Crippen molar-refractivity contribution in [2.75, 3.05) is 0 Å². The molecule has 0 fully saturated rings. The third kappa shape index (κ3) is 4.49. The molecule has 12 aromatic rings. The molecule has 256 valence electrons. The number of nitrogens with zero attached hydrogens (tertiary/aromatic N) is 2. The maximum atomic E-state index is 6.54. The first-order valence-corrected chi connectivity index (χ1v) is 18.6. The lowest BCUT2D eigenvalue weighted by atomic mass is 9.90. The molecule has 4 heteroatoms. The van der Waals surface area contributed by atoms with Crippen LogP contribution < -0.4 is 0 Å². The number of hydrogen-bond donors (Lipinski definition) is 0. The van der Waals surface area contributed by atoms with Gasteiger partial charge >= 0.3 is 0 Å². The van der Waals surface area contributed by atoms with Gasteiger partial charge in [-0.3, -0.25) is 4.57 Å². The van der Waals surface area contributed by atoms with Gasteiger partial charge in [-0.1, -0.05) is 127 Å². The number of rotatable bonds is 4. The van der Waals surface area contributed by atoms with E-state index in [4.69, 9.17) is 13.8 Å². The lowest BCUT2D eigenvalue weighted by Gasteiger charge is -2.17. The molecule has 0 saturated heterocycles. The van der Waals surface area contributed by atoms with Crippen molar-refractivity contribution in [1.82, 2.24) is 9.55 Å². The second kappa shape index (κ2) is 11.5. The van der Waals surface area contributed by atoms with Gasteiger partial charge in [-0.25, -0.2) is 4.98 Å². The van der Waals surface area contributed by atoms with E-state index in [1.807, 2.05) is 12.1 Å². The van der Waals surface area contributed by atoms with Crippen LogP contribution in [0.1, 0.15) is 0 Å². The van der Waals surface area contributed by atoms with Crippen molar-refractivity contribution in [2.24, 2.45) is 0 Å². The van der Waals surface area contributed by atoms with Crippen molar-refractivity contribution in [3.05, 3.63) is 182 Å². The third-order valence-corrected chi connectivity index (χ3v) is 11.2. The van der Waals surface area contributed by atoms with Crippen LogP contribution in [0.5, 0.6) is 0 Å². The highest BCUT2D eigenvalue weighted by Crippen LogP contribution is 2.44. The number of benzene rings is 9. The summed E-state index contributed by atoms with van der Waals surface area (Å²) in [7, 11) is 0. The summed E-state index contributed by atoms with van der Waals surface area (Å²) in [5, 5.41) is 8.87. The fourth-order valence-electron chi connectivity index (χ4n) is 8.69. The molecular weight excluding hydrogens is 673 g/mol. The van der Waals surface area contributed by atoms with Crippen LogP contribution in [0, 0.1) is 0 Å². The molecule has 0 aliphatic carbocycles. The lowest BCUT2D eigenvalue weighted by Crippen LogP contribution is -1.99. The minimum atomic E-state index is 0.888. The molecule has 9 aromatic carbocycles. The Morgan fingerprint density at radius 2 is 0.836 bits per heavy atom. The molecule has 55 heavy (non-hydrogen) atoms. The smallest absolute Gasteiger partial charge is 0.145 e. The van der Waals surface area contributed by atoms with E-state index in [9.17, 15) is 0 Å². The SMILES string of the molecule is c1ccc(-c2nc3ccccc3n2-c2cc(-c3cc4c5ccccc5oc4c4ccccc34)cc(-c3cc4c5ccccc5oc4c4ccccc34)c2)cc1. The molecule has 3 heterocycles. The summed E-state index contributed by atoms with van der Waals surface area (Å²) in [6.07, 6.45) is 0. The van der Waals surface area contributed by atoms with Gasteiger partial charge in [0.15, 0.2) is 0 Å². The van der Waals surface area contributed by atoms with Gasteiger partial charge in [-0.2, -0.15) is 0 Å². The van der Waals surface area contributed by atoms with Crippen LogP contribution in [-0.4, -0.2) is 9.55 Å². The summed E-state index contributed by atoms with van der Waals surface area (Å²) in [6.45, 7) is 0. The van der Waals surface area contributed by atoms with Crippen LogP contribution in [0.3, 0.4) is 0 Å². The highest BCUT2D eigenvalue weighted by atomic mass is 16.3. The van der Waals surface area contributed by atoms with Gasteiger partial charge in [-0.15, -0.1) is 0 Å². The first-order chi connectivity index (χ1) is 27.3. The Balaban J connectivity index is 1.23. The molecule has 0 radical (unpaired) electrons. The Hall–Kier alpha value is -7.43. The Labute approximate surface area is 315 Å². The molecule has 0 atom stereocenters. The summed E-state index contributed by atoms with van der Waals surface area (Å²) in [4.78, 5) is 5.24. The van der Waals surface area contributed by atoms with Crippen LogP contribution in [0.4, 0.5) is 0 Å². The molecule has 0 unspecified atom stereocenters. The van der Waals surface area contributed by atoms with E-state index in [0.717, 1.165) is 116 Å². The summed E-state index contributed by atoms with van der Waals surface area (Å²) in [6, 6.07) is 64.4. The maximum absolute atomic E-state index is 6.54. The largest absolute Gasteiger partial charge is 0.455 e. The number of fused-ring (bicyclic) bond motifs is 11. The number of hydrogen-bond acceptors (Lipinski definition) is 3. The van der Waals surface area contributed by atoms with Gasteiger partial charge in [0.05, 0.1) is 11.0 Å². The van der Waals surface area contributed by atoms with Crippen molar-refractivity contribution < 1.29 is 8.83 Å². The first kappa shape index (κ1) is 30.1. The maximum Gasteiger partial charge on any atom is 0.145 e. The second-order valence-electron chi connectivity index (χ2n) is 14.3. The number of furan rings is 2. The minimum Gasteiger partial charge on any atom is -0.455 e. The minimum absolute atomic E-state index is 0.888. The molecule has 0 spiro atoms. The molecule has 12 rings (SSSR count). The van der Waals surface area contributed by atoms with Gasteiger partial charge in [-0.05, 0) is 87.6 Å². The zero-order valence-electron chi connectivity index (χ0n) is 29.5. The van der Waals surface area contributed by atoms with Crippen molar-refractivity contribution in [1.29, 1.82) is 0 Å². The second-order valence-corrected chi connectivity index (χ2v) is 14.3. The molecule has 4 nitrogen and oxygen atoms in total. The van der Waals surface area contributed by atoms with Crippen molar-refractivity contribution in [3.8, 4) is 39.3 Å². The fraction of sp³-hybridized carbons (Fsp3) is 0. The Morgan fingerprint density at radius 3 is 1.42 bits per heavy atom. The van der Waals surface area contributed by atoms with Crippen LogP contribution in [0.15, 0.2) is 191 Å². The van der Waals surface area contributed by atoms with Gasteiger partial charge < -0.3 is 8.83 Å². The van der Waals surface area contributed by atoms with Gasteiger partial charge in [0.2, 0.25) is 0 Å². The summed E-state index contributed by atoms with van der Waals surface area (Å²) in [5.41, 5.74) is 12.2. The average Bonchev–Trinajstić information content (AvgIpc) is 3.95. The average molecular weight is 703 g/mol. The van der Waals surface area contributed by atoms with Crippen molar-refractivity contribution in [3.63, 3.8) is 0 Å². The fourth-order valence-corrected chi connectivity index (χ4v) is 8.69. The number of para-hydroxylation sites is 4. The molecule has 0 saturated carbocycles. The van der Waals surface area contributed by atoms with E-state index >= 15 is 0 Å². The van der Waals surface area contributed by atoms with Crippen LogP contribution in [0.25, 0.3) is 116 Å². The number of aromatic nitrogens is 2. The molecule has 0 bridgehead atoms. The van der Waals surface area contributed by atoms with E-state index in [1.165, 1.54) is 0 Å². The standard InChI is InChI=1S/C51H30N2O2/c1-2-14-31(15-3-1)51-52-45-22-10-11-23-46(45)53(51)34-27-32(41-29-43-37-18-8-12-24-47(37)54-49(43)39-20-6-4-16-35(39)41)26-33(28-34)42-30-44-38-19-9-13-25-48(38)55-50(44)40-21-7-5-17-36(40)42/h1-30H. The highest BCUT2D eigenvalue weighted by molar-refractivity contribution is 6.21. The Kier molecular flexibility index (Phi) is 6.31. The van der Waals surface area contributed by atoms with E-state index in [2.05, 4.69) is 174 Å². The number of imidazole rings is 1. The van der Waals surface area contributed by atoms with Crippen LogP contribution >= 0.6 is 0 Å². The summed E-state index contributed by atoms with van der Waals surface area (Å²) >= 11 is 0. The van der Waals surface area contributed by atoms with Crippen molar-refractivity contribution in [2.45, 2.75) is 0 Å². The lowest BCUT2D eigenvalue weighted by molar-refractivity contribution is 0.672. The van der Waals surface area contributed by atoms with Gasteiger partial charge in [0, 0.05) is 43.6 Å². The molecule has 0 aliphatic heterocycles. The predicted octanol–water partition coefficient (Wildman–Crippen LogP) is 14.1. The Morgan fingerprint density at radius 1 is 0.364 bits per heavy atom. The zero-order valence-corrected chi connectivity index (χ0v) is 29.5. The molecule has 3 aromatic heterocycles. The topological polar surface area (TPSA) is 44.1 Å². The van der Waals surface area contributed by atoms with Gasteiger partial charge in [0.1, 0.15) is 28.2 Å². The molecule has 0 amide bonds. The zero-order chi connectivity index (χ0) is 36.0. The Bertz CT molecular complexity index is 3320. The van der Waals surface area contributed by atoms with E-state index < -0.39 is 0 Å².